The van der Waals surface area contributed by atoms with Gasteiger partial charge in [-0.2, -0.15) is 0 Å². The van der Waals surface area contributed by atoms with E-state index in [2.05, 4.69) is 98.2 Å². The molecule has 572 valence electrons. The van der Waals surface area contributed by atoms with E-state index in [9.17, 15) is 61.0 Å². The number of carbonyl (C=O) groups is 1. The van der Waals surface area contributed by atoms with E-state index < -0.39 is 124 Å². The van der Waals surface area contributed by atoms with Gasteiger partial charge in [0.15, 0.2) is 18.9 Å². The fourth-order valence-corrected chi connectivity index (χ4v) is 12.7. The third kappa shape index (κ3) is 40.5. The molecule has 3 heterocycles. The van der Waals surface area contributed by atoms with Crippen LogP contribution in [0.3, 0.4) is 0 Å². The number of nitrogens with one attached hydrogen (secondary N) is 1. The van der Waals surface area contributed by atoms with Crippen LogP contribution in [-0.4, -0.2) is 193 Å². The molecule has 17 atom stereocenters. The molecule has 3 fully saturated rings. The lowest BCUT2D eigenvalue weighted by Gasteiger charge is -2.48. The summed E-state index contributed by atoms with van der Waals surface area (Å²) in [5.74, 6) is -0.334. The largest absolute Gasteiger partial charge is 0.394 e. The molecule has 19 heteroatoms. The van der Waals surface area contributed by atoms with E-state index in [0.717, 1.165) is 70.6 Å². The standard InChI is InChI=1S/C80H139NO18/c1-3-5-7-9-11-13-15-17-19-21-23-25-27-28-29-30-31-32-33-34-36-37-39-41-43-45-47-49-51-53-55-57-64(85)63(81-68(86)58-56-54-52-50-48-46-44-42-40-38-35-26-24-22-20-18-16-14-12-10-8-6-4-2)62-94-78-74(92)71(89)76(66(60-83)96-78)99-80-75(93)72(90)77(67(61-84)97-80)98-79-73(91)70(88)69(87)65(59-82)95-79/h6,8,12,14,18,20,24,26,38,40,44,46,50,52,55,57,63-67,69-80,82-85,87-93H,3-5,7,9-11,13,15-17,19,21-23,25,27-37,39,41-43,45,47-49,51,53-54,56,58-62H2,1-2H3,(H,81,86)/b8-6-,14-12-,20-18-,26-24-,40-38-,46-44-,52-50-,57-55+. The Labute approximate surface area is 596 Å². The average Bonchev–Trinajstić information content (AvgIpc) is 0.782. The molecule has 17 unspecified atom stereocenters. The minimum atomic E-state index is -1.99. The van der Waals surface area contributed by atoms with Crippen molar-refractivity contribution in [1.29, 1.82) is 0 Å². The molecule has 3 aliphatic rings. The highest BCUT2D eigenvalue weighted by atomic mass is 16.8. The second-order valence-corrected chi connectivity index (χ2v) is 27.4. The Morgan fingerprint density at radius 1 is 0.374 bits per heavy atom. The van der Waals surface area contributed by atoms with Crippen LogP contribution in [0.4, 0.5) is 0 Å². The lowest BCUT2D eigenvalue weighted by molar-refractivity contribution is -0.379. The van der Waals surface area contributed by atoms with Crippen molar-refractivity contribution in [3.05, 3.63) is 97.2 Å². The summed E-state index contributed by atoms with van der Waals surface area (Å²) in [4.78, 5) is 13.4. The summed E-state index contributed by atoms with van der Waals surface area (Å²) in [5, 5.41) is 121. The van der Waals surface area contributed by atoms with Crippen molar-refractivity contribution in [1.82, 2.24) is 5.32 Å². The van der Waals surface area contributed by atoms with E-state index in [1.165, 1.54) is 167 Å². The Kier molecular flexibility index (Phi) is 54.5. The third-order valence-corrected chi connectivity index (χ3v) is 18.9. The summed E-state index contributed by atoms with van der Waals surface area (Å²) in [6.45, 7) is 1.60. The van der Waals surface area contributed by atoms with E-state index in [-0.39, 0.29) is 18.9 Å². The molecular weight excluding hydrogens is 1260 g/mol. The van der Waals surface area contributed by atoms with E-state index in [0.29, 0.717) is 12.8 Å². The van der Waals surface area contributed by atoms with Gasteiger partial charge in [-0.15, -0.1) is 0 Å². The van der Waals surface area contributed by atoms with Crippen molar-refractivity contribution in [2.45, 2.75) is 375 Å². The molecule has 99 heavy (non-hydrogen) atoms. The Morgan fingerprint density at radius 2 is 0.697 bits per heavy atom. The van der Waals surface area contributed by atoms with E-state index in [1.807, 2.05) is 12.2 Å². The first kappa shape index (κ1) is 89.9. The van der Waals surface area contributed by atoms with Gasteiger partial charge in [-0.05, 0) is 70.6 Å². The van der Waals surface area contributed by atoms with Gasteiger partial charge in [0.25, 0.3) is 0 Å². The molecule has 0 aromatic carbocycles. The minimum Gasteiger partial charge on any atom is -0.394 e. The SMILES string of the molecule is CC/C=C\C/C=C\C/C=C\C/C=C\C/C=C\C/C=C\C/C=C\CCCC(=O)NC(COC1OC(CO)C(OC2OC(CO)C(OC3OC(CO)C(O)C(O)C3O)C(O)C2O)C(O)C1O)C(O)/C=C/CCCCCCCCCCCCCCCCCCCCCCCCCCCCCCC. The quantitative estimate of drug-likeness (QED) is 0.0199. The number of carbonyl (C=O) groups excluding carboxylic acids is 1. The predicted octanol–water partition coefficient (Wildman–Crippen LogP) is 12.4. The van der Waals surface area contributed by atoms with Gasteiger partial charge >= 0.3 is 0 Å². The Hall–Kier alpha value is -3.29. The number of amides is 1. The highest BCUT2D eigenvalue weighted by Gasteiger charge is 2.53. The normalized spacial score (nSPS) is 27.1. The summed E-state index contributed by atoms with van der Waals surface area (Å²) >= 11 is 0. The van der Waals surface area contributed by atoms with Gasteiger partial charge in [0.05, 0.1) is 38.6 Å². The molecule has 0 aromatic rings. The molecule has 0 radical (unpaired) electrons. The van der Waals surface area contributed by atoms with Crippen molar-refractivity contribution >= 4 is 5.91 Å². The number of aliphatic hydroxyl groups is 11. The van der Waals surface area contributed by atoms with Crippen LogP contribution >= 0.6 is 0 Å². The van der Waals surface area contributed by atoms with Crippen LogP contribution in [0, 0.1) is 0 Å². The van der Waals surface area contributed by atoms with Gasteiger partial charge in [-0.3, -0.25) is 4.79 Å². The van der Waals surface area contributed by atoms with Gasteiger partial charge < -0.3 is 89.9 Å². The maximum absolute atomic E-state index is 13.4. The zero-order valence-corrected chi connectivity index (χ0v) is 60.9. The Morgan fingerprint density at radius 3 is 1.08 bits per heavy atom. The maximum Gasteiger partial charge on any atom is 0.220 e. The molecule has 3 saturated heterocycles. The monoisotopic (exact) mass is 1400 g/mol. The van der Waals surface area contributed by atoms with Gasteiger partial charge in [-0.25, -0.2) is 0 Å². The lowest BCUT2D eigenvalue weighted by Crippen LogP contribution is -2.66. The molecule has 0 spiro atoms. The molecule has 0 saturated carbocycles. The van der Waals surface area contributed by atoms with E-state index >= 15 is 0 Å². The number of aliphatic hydroxyl groups excluding tert-OH is 11. The topological polar surface area (TPSA) is 307 Å². The first-order valence-corrected chi connectivity index (χ1v) is 39.0. The number of rotatable bonds is 60. The summed E-state index contributed by atoms with van der Waals surface area (Å²) in [6, 6.07) is -1.01. The minimum absolute atomic E-state index is 0.158. The van der Waals surface area contributed by atoms with Crippen LogP contribution in [0.2, 0.25) is 0 Å². The van der Waals surface area contributed by atoms with Crippen LogP contribution in [0.1, 0.15) is 271 Å². The summed E-state index contributed by atoms with van der Waals surface area (Å²) < 4.78 is 34.4. The predicted molar refractivity (Wildman–Crippen MR) is 392 cm³/mol. The molecular formula is C80H139NO18. The third-order valence-electron chi connectivity index (χ3n) is 18.9. The van der Waals surface area contributed by atoms with Crippen LogP contribution in [0.5, 0.6) is 0 Å². The smallest absolute Gasteiger partial charge is 0.220 e. The number of hydrogen-bond acceptors (Lipinski definition) is 18. The van der Waals surface area contributed by atoms with Crippen LogP contribution in [-0.2, 0) is 33.2 Å². The molecule has 0 aromatic heterocycles. The number of ether oxygens (including phenoxy) is 6. The molecule has 3 aliphatic heterocycles. The molecule has 0 aliphatic carbocycles. The van der Waals surface area contributed by atoms with Gasteiger partial charge in [0.2, 0.25) is 5.91 Å². The fraction of sp³-hybridized carbons (Fsp3) is 0.787. The number of unbranched alkanes of at least 4 members (excludes halogenated alkanes) is 30. The zero-order chi connectivity index (χ0) is 71.8. The average molecular weight is 1400 g/mol. The van der Waals surface area contributed by atoms with Gasteiger partial charge in [0, 0.05) is 6.42 Å². The van der Waals surface area contributed by atoms with E-state index in [4.69, 9.17) is 28.4 Å². The van der Waals surface area contributed by atoms with Crippen molar-refractivity contribution in [2.75, 3.05) is 26.4 Å². The first-order chi connectivity index (χ1) is 48.3. The molecule has 0 bridgehead atoms. The number of allylic oxidation sites excluding steroid dienone is 15. The molecule has 1 amide bonds. The fourth-order valence-electron chi connectivity index (χ4n) is 12.7. The van der Waals surface area contributed by atoms with E-state index in [1.54, 1.807) is 6.08 Å². The molecule has 12 N–H and O–H groups in total. The van der Waals surface area contributed by atoms with Crippen molar-refractivity contribution in [3.63, 3.8) is 0 Å². The van der Waals surface area contributed by atoms with Gasteiger partial charge in [0.1, 0.15) is 73.2 Å². The van der Waals surface area contributed by atoms with Crippen molar-refractivity contribution in [3.8, 4) is 0 Å². The first-order valence-electron chi connectivity index (χ1n) is 39.0. The van der Waals surface area contributed by atoms with Crippen LogP contribution in [0.25, 0.3) is 0 Å². The summed E-state index contributed by atoms with van der Waals surface area (Å²) in [7, 11) is 0. The Bertz CT molecular complexity index is 2170. The van der Waals surface area contributed by atoms with Crippen LogP contribution < -0.4 is 5.32 Å². The van der Waals surface area contributed by atoms with Crippen LogP contribution in [0.15, 0.2) is 97.2 Å². The number of hydrogen-bond donors (Lipinski definition) is 12. The Balaban J connectivity index is 1.41. The van der Waals surface area contributed by atoms with Gasteiger partial charge in [-0.1, -0.05) is 291 Å². The molecule has 19 nitrogen and oxygen atoms in total. The second kappa shape index (κ2) is 60.0. The summed E-state index contributed by atoms with van der Waals surface area (Å²) in [5.41, 5.74) is 0. The highest BCUT2D eigenvalue weighted by molar-refractivity contribution is 5.76. The zero-order valence-electron chi connectivity index (χ0n) is 60.9. The summed E-state index contributed by atoms with van der Waals surface area (Å²) in [6.07, 6.45) is 54.0. The maximum atomic E-state index is 13.4. The highest BCUT2D eigenvalue weighted by Crippen LogP contribution is 2.33. The molecule has 3 rings (SSSR count). The van der Waals surface area contributed by atoms with Crippen molar-refractivity contribution in [2.24, 2.45) is 0 Å². The second-order valence-electron chi connectivity index (χ2n) is 27.4. The lowest BCUT2D eigenvalue weighted by atomic mass is 9.96. The van der Waals surface area contributed by atoms with Crippen molar-refractivity contribution < 1.29 is 89.4 Å².